The normalized spacial score (nSPS) is 7.11. The summed E-state index contributed by atoms with van der Waals surface area (Å²) in [5.41, 5.74) is 8.94. The van der Waals surface area contributed by atoms with Gasteiger partial charge < -0.3 is 16.5 Å². The Labute approximate surface area is 53.4 Å². The van der Waals surface area contributed by atoms with E-state index in [4.69, 9.17) is 5.41 Å². The fourth-order valence-electron chi connectivity index (χ4n) is 0.278. The zero-order valence-electron chi connectivity index (χ0n) is 4.96. The predicted molar refractivity (Wildman–Crippen MR) is 36.9 cm³/mol. The van der Waals surface area contributed by atoms with Crippen LogP contribution >= 0.6 is 0 Å². The first-order valence-electron chi connectivity index (χ1n) is 2.40. The van der Waals surface area contributed by atoms with Crippen LogP contribution in [0.2, 0.25) is 0 Å². The molecule has 1 aromatic heterocycles. The van der Waals surface area contributed by atoms with Gasteiger partial charge in [-0.25, -0.2) is 0 Å². The average molecular weight is 126 g/mol. The van der Waals surface area contributed by atoms with Crippen molar-refractivity contribution in [2.45, 2.75) is 0 Å². The van der Waals surface area contributed by atoms with Gasteiger partial charge in [0.25, 0.3) is 0 Å². The molecule has 0 saturated carbocycles. The predicted octanol–water partition coefficient (Wildman–Crippen LogP) is -0.147. The van der Waals surface area contributed by atoms with Gasteiger partial charge in [-0.15, -0.1) is 0 Å². The number of hydrogen-bond donors (Lipinski definition) is 4. The smallest absolute Gasteiger partial charge is 0.183 e. The number of hydrogen-bond acceptors (Lipinski definition) is 1. The Bertz CT molecular complexity index is 123. The van der Waals surface area contributed by atoms with Crippen LogP contribution in [0.15, 0.2) is 24.5 Å². The van der Waals surface area contributed by atoms with E-state index >= 15 is 0 Å². The Morgan fingerprint density at radius 3 is 1.67 bits per heavy atom. The highest BCUT2D eigenvalue weighted by Crippen LogP contribution is 1.72. The van der Waals surface area contributed by atoms with Gasteiger partial charge in [-0.1, -0.05) is 0 Å². The summed E-state index contributed by atoms with van der Waals surface area (Å²) in [7, 11) is 0. The summed E-state index contributed by atoms with van der Waals surface area (Å²) in [4.78, 5) is 2.86. The summed E-state index contributed by atoms with van der Waals surface area (Å²) in [6.07, 6.45) is 3.75. The molecule has 1 aromatic rings. The molecule has 0 aromatic carbocycles. The fourth-order valence-corrected chi connectivity index (χ4v) is 0.278. The second kappa shape index (κ2) is 4.70. The van der Waals surface area contributed by atoms with Crippen LogP contribution in [0.5, 0.6) is 0 Å². The second-order valence-corrected chi connectivity index (χ2v) is 1.34. The molecule has 0 saturated heterocycles. The molecule has 50 valence electrons. The van der Waals surface area contributed by atoms with E-state index in [0.29, 0.717) is 0 Å². The number of aromatic amines is 1. The van der Waals surface area contributed by atoms with E-state index in [1.807, 2.05) is 24.5 Å². The van der Waals surface area contributed by atoms with Gasteiger partial charge in [0.2, 0.25) is 0 Å². The van der Waals surface area contributed by atoms with Crippen molar-refractivity contribution in [3.8, 4) is 0 Å². The van der Waals surface area contributed by atoms with E-state index in [9.17, 15) is 0 Å². The highest BCUT2D eigenvalue weighted by Gasteiger charge is 1.55. The third-order valence-corrected chi connectivity index (χ3v) is 0.496. The topological polar surface area (TPSA) is 91.7 Å². The number of H-pyrrole nitrogens is 1. The maximum absolute atomic E-state index is 6.06. The van der Waals surface area contributed by atoms with Crippen LogP contribution in [0, 0.1) is 5.41 Å². The van der Waals surface area contributed by atoms with Crippen molar-refractivity contribution < 1.29 is 0 Å². The molecule has 4 heteroatoms. The molecular formula is C5H10N4. The lowest BCUT2D eigenvalue weighted by atomic mass is 10.7. The summed E-state index contributed by atoms with van der Waals surface area (Å²) >= 11 is 0. The summed E-state index contributed by atoms with van der Waals surface area (Å²) in [6.45, 7) is 0. The largest absolute Gasteiger partial charge is 0.370 e. The second-order valence-electron chi connectivity index (χ2n) is 1.34. The van der Waals surface area contributed by atoms with Crippen molar-refractivity contribution in [3.05, 3.63) is 24.5 Å². The van der Waals surface area contributed by atoms with Gasteiger partial charge in [0.1, 0.15) is 0 Å². The molecule has 1 heterocycles. The quantitative estimate of drug-likeness (QED) is 0.287. The van der Waals surface area contributed by atoms with Gasteiger partial charge in [-0.3, -0.25) is 5.41 Å². The number of nitrogens with one attached hydrogen (secondary N) is 2. The van der Waals surface area contributed by atoms with E-state index < -0.39 is 0 Å². The molecular weight excluding hydrogens is 116 g/mol. The maximum atomic E-state index is 6.06. The van der Waals surface area contributed by atoms with Gasteiger partial charge >= 0.3 is 0 Å². The lowest BCUT2D eigenvalue weighted by Crippen LogP contribution is -2.20. The van der Waals surface area contributed by atoms with Crippen LogP contribution in [-0.2, 0) is 0 Å². The molecule has 0 atom stereocenters. The van der Waals surface area contributed by atoms with Gasteiger partial charge in [-0.2, -0.15) is 0 Å². The number of aromatic nitrogens is 1. The van der Waals surface area contributed by atoms with E-state index in [-0.39, 0.29) is 5.96 Å². The van der Waals surface area contributed by atoms with E-state index in [2.05, 4.69) is 16.5 Å². The van der Waals surface area contributed by atoms with Crippen LogP contribution in [0.3, 0.4) is 0 Å². The monoisotopic (exact) mass is 126 g/mol. The van der Waals surface area contributed by atoms with Gasteiger partial charge in [0.05, 0.1) is 0 Å². The van der Waals surface area contributed by atoms with Crippen molar-refractivity contribution in [1.29, 1.82) is 5.41 Å². The van der Waals surface area contributed by atoms with E-state index in [0.717, 1.165) is 0 Å². The minimum Gasteiger partial charge on any atom is -0.370 e. The number of guanidine groups is 1. The minimum atomic E-state index is -0.333. The van der Waals surface area contributed by atoms with Crippen LogP contribution in [0.1, 0.15) is 0 Å². The molecule has 1 rings (SSSR count). The summed E-state index contributed by atoms with van der Waals surface area (Å²) in [6, 6.07) is 3.89. The molecule has 0 bridgehead atoms. The van der Waals surface area contributed by atoms with Crippen molar-refractivity contribution in [3.63, 3.8) is 0 Å². The third-order valence-electron chi connectivity index (χ3n) is 0.496. The van der Waals surface area contributed by atoms with Crippen molar-refractivity contribution >= 4 is 5.96 Å². The van der Waals surface area contributed by atoms with Crippen LogP contribution in [0.25, 0.3) is 0 Å². The molecule has 0 fully saturated rings. The summed E-state index contributed by atoms with van der Waals surface area (Å²) < 4.78 is 0. The Hall–Kier alpha value is -1.45. The first-order chi connectivity index (χ1) is 4.23. The Morgan fingerprint density at radius 1 is 1.22 bits per heavy atom. The molecule has 0 aliphatic heterocycles. The SMILES string of the molecule is N=C(N)N.c1cc[nH]c1. The zero-order chi connectivity index (χ0) is 7.11. The molecule has 4 nitrogen and oxygen atoms in total. The average Bonchev–Trinajstić information content (AvgIpc) is 2.11. The van der Waals surface area contributed by atoms with E-state index in [1.165, 1.54) is 0 Å². The first kappa shape index (κ1) is 7.55. The van der Waals surface area contributed by atoms with Gasteiger partial charge in [0, 0.05) is 12.4 Å². The molecule has 0 unspecified atom stereocenters. The van der Waals surface area contributed by atoms with Crippen molar-refractivity contribution in [1.82, 2.24) is 4.98 Å². The zero-order valence-corrected chi connectivity index (χ0v) is 4.96. The Balaban J connectivity index is 0.000000148. The number of rotatable bonds is 0. The van der Waals surface area contributed by atoms with Crippen molar-refractivity contribution in [2.24, 2.45) is 11.5 Å². The molecule has 9 heavy (non-hydrogen) atoms. The Morgan fingerprint density at radius 2 is 1.56 bits per heavy atom. The first-order valence-corrected chi connectivity index (χ1v) is 2.40. The highest BCUT2D eigenvalue weighted by atomic mass is 14.9. The highest BCUT2D eigenvalue weighted by molar-refractivity contribution is 5.71. The molecule has 0 amide bonds. The lowest BCUT2D eigenvalue weighted by molar-refractivity contribution is 1.39. The Kier molecular flexibility index (Phi) is 3.95. The molecule has 0 spiro atoms. The van der Waals surface area contributed by atoms with Gasteiger partial charge in [-0.05, 0) is 12.1 Å². The fraction of sp³-hybridized carbons (Fsp3) is 0. The van der Waals surface area contributed by atoms with Gasteiger partial charge in [0.15, 0.2) is 5.96 Å². The van der Waals surface area contributed by atoms with Crippen molar-refractivity contribution in [2.75, 3.05) is 0 Å². The summed E-state index contributed by atoms with van der Waals surface area (Å²) in [5.74, 6) is -0.333. The molecule has 0 radical (unpaired) electrons. The molecule has 0 aliphatic rings. The maximum Gasteiger partial charge on any atom is 0.183 e. The number of nitrogens with two attached hydrogens (primary N) is 2. The van der Waals surface area contributed by atoms with Crippen LogP contribution in [-0.4, -0.2) is 10.9 Å². The van der Waals surface area contributed by atoms with E-state index in [1.54, 1.807) is 0 Å². The standard InChI is InChI=1S/C4H5N.CH5N3/c1-2-4-5-3-1;2-1(3)4/h1-5H;(H5,2,3,4). The third kappa shape index (κ3) is 10.8. The summed E-state index contributed by atoms with van der Waals surface area (Å²) in [5, 5.41) is 6.06. The van der Waals surface area contributed by atoms with Crippen LogP contribution < -0.4 is 11.5 Å². The lowest BCUT2D eigenvalue weighted by Gasteiger charge is -1.69. The minimum absolute atomic E-state index is 0.333. The van der Waals surface area contributed by atoms with Crippen LogP contribution in [0.4, 0.5) is 0 Å². The molecule has 6 N–H and O–H groups in total. The molecule has 0 aliphatic carbocycles.